The van der Waals surface area contributed by atoms with Gasteiger partial charge in [-0.1, -0.05) is 51.5 Å². The number of halogens is 5. The van der Waals surface area contributed by atoms with E-state index in [1.165, 1.54) is 18.3 Å². The Kier molecular flexibility index (Phi) is 5.38. The van der Waals surface area contributed by atoms with E-state index < -0.39 is 17.7 Å². The first kappa shape index (κ1) is 18.5. The smallest absolute Gasteiger partial charge is 0.253 e. The van der Waals surface area contributed by atoms with Crippen LogP contribution in [0.5, 0.6) is 0 Å². The third kappa shape index (κ3) is 4.47. The average molecular weight is 444 g/mol. The Labute approximate surface area is 158 Å². The van der Waals surface area contributed by atoms with E-state index in [9.17, 15) is 17.6 Å². The molecule has 1 heterocycles. The molecule has 3 nitrogen and oxygen atoms in total. The first-order chi connectivity index (χ1) is 12.3. The topological polar surface area (TPSA) is 37.3 Å². The zero-order valence-corrected chi connectivity index (χ0v) is 15.3. The highest BCUT2D eigenvalue weighted by Gasteiger charge is 2.38. The molecule has 0 bridgehead atoms. The molecule has 0 radical (unpaired) electrons. The summed E-state index contributed by atoms with van der Waals surface area (Å²) in [7, 11) is 0. The van der Waals surface area contributed by atoms with Gasteiger partial charge >= 0.3 is 6.18 Å². The van der Waals surface area contributed by atoms with Gasteiger partial charge in [0.2, 0.25) is 5.13 Å². The van der Waals surface area contributed by atoms with Crippen molar-refractivity contribution < 1.29 is 17.6 Å². The maximum atomic E-state index is 13.3. The number of rotatable bonds is 4. The summed E-state index contributed by atoms with van der Waals surface area (Å²) in [6, 6.07) is 12.0. The predicted octanol–water partition coefficient (Wildman–Crippen LogP) is 6.18. The number of hydrogen-bond donors (Lipinski definition) is 1. The molecule has 0 unspecified atom stereocenters. The fraction of sp³-hybridized carbons (Fsp3) is 0.0588. The van der Waals surface area contributed by atoms with Crippen molar-refractivity contribution >= 4 is 38.6 Å². The summed E-state index contributed by atoms with van der Waals surface area (Å²) in [6.07, 6.45) is -3.16. The van der Waals surface area contributed by atoms with Crippen molar-refractivity contribution in [3.63, 3.8) is 0 Å². The average Bonchev–Trinajstić information content (AvgIpc) is 3.02. The minimum atomic E-state index is -4.63. The molecule has 0 aliphatic carbocycles. The van der Waals surface area contributed by atoms with E-state index in [0.717, 1.165) is 33.5 Å². The van der Waals surface area contributed by atoms with E-state index >= 15 is 0 Å². The monoisotopic (exact) mass is 443 g/mol. The van der Waals surface area contributed by atoms with Gasteiger partial charge in [0.25, 0.3) is 0 Å². The number of aromatic nitrogens is 1. The summed E-state index contributed by atoms with van der Waals surface area (Å²) in [6.45, 7) is 0. The fourth-order valence-electron chi connectivity index (χ4n) is 2.07. The van der Waals surface area contributed by atoms with Gasteiger partial charge in [-0.25, -0.2) is 9.37 Å². The molecule has 0 amide bonds. The van der Waals surface area contributed by atoms with Crippen molar-refractivity contribution in [2.24, 2.45) is 5.10 Å². The number of alkyl halides is 3. The molecule has 1 N–H and O–H groups in total. The van der Waals surface area contributed by atoms with Crippen molar-refractivity contribution in [3.05, 3.63) is 70.1 Å². The molecule has 3 aromatic rings. The van der Waals surface area contributed by atoms with Crippen molar-refractivity contribution in [2.45, 2.75) is 6.18 Å². The molecule has 0 aliphatic rings. The van der Waals surface area contributed by atoms with Gasteiger partial charge < -0.3 is 0 Å². The van der Waals surface area contributed by atoms with E-state index in [-0.39, 0.29) is 15.6 Å². The number of hydrazone groups is 1. The first-order valence-electron chi connectivity index (χ1n) is 7.21. The minimum absolute atomic E-state index is 0.00925. The second-order valence-electron chi connectivity index (χ2n) is 5.12. The van der Waals surface area contributed by atoms with Crippen LogP contribution >= 0.6 is 27.3 Å². The molecule has 0 spiro atoms. The maximum Gasteiger partial charge on any atom is 0.434 e. The molecular formula is C17H10BrF4N3S. The highest BCUT2D eigenvalue weighted by Crippen LogP contribution is 2.41. The summed E-state index contributed by atoms with van der Waals surface area (Å²) >= 11 is 4.10. The summed E-state index contributed by atoms with van der Waals surface area (Å²) in [4.78, 5) is 3.49. The van der Waals surface area contributed by atoms with Crippen LogP contribution in [0.15, 0.2) is 58.1 Å². The van der Waals surface area contributed by atoms with Gasteiger partial charge in [0.05, 0.1) is 11.1 Å². The molecule has 0 atom stereocenters. The van der Waals surface area contributed by atoms with Gasteiger partial charge in [0.1, 0.15) is 5.82 Å². The molecule has 2 aromatic carbocycles. The normalized spacial score (nSPS) is 11.9. The number of benzene rings is 2. The Morgan fingerprint density at radius 2 is 1.69 bits per heavy atom. The van der Waals surface area contributed by atoms with Crippen LogP contribution in [-0.4, -0.2) is 11.2 Å². The summed E-state index contributed by atoms with van der Waals surface area (Å²) in [5.41, 5.74) is 2.49. The molecule has 134 valence electrons. The number of thiazole rings is 1. The van der Waals surface area contributed by atoms with Crippen LogP contribution in [0, 0.1) is 5.82 Å². The zero-order valence-electron chi connectivity index (χ0n) is 12.9. The maximum absolute atomic E-state index is 13.3. The fourth-order valence-corrected chi connectivity index (χ4v) is 3.27. The Morgan fingerprint density at radius 1 is 1.04 bits per heavy atom. The lowest BCUT2D eigenvalue weighted by molar-refractivity contribution is -0.140. The molecule has 0 aliphatic heterocycles. The van der Waals surface area contributed by atoms with E-state index in [4.69, 9.17) is 0 Å². The van der Waals surface area contributed by atoms with Crippen molar-refractivity contribution in [2.75, 3.05) is 5.43 Å². The molecular weight excluding hydrogens is 434 g/mol. The predicted molar refractivity (Wildman–Crippen MR) is 97.9 cm³/mol. The van der Waals surface area contributed by atoms with Crippen molar-refractivity contribution in [1.29, 1.82) is 0 Å². The second kappa shape index (κ2) is 7.55. The van der Waals surface area contributed by atoms with Crippen molar-refractivity contribution in [1.82, 2.24) is 4.98 Å². The van der Waals surface area contributed by atoms with Crippen LogP contribution < -0.4 is 5.43 Å². The Balaban J connectivity index is 1.86. The zero-order chi connectivity index (χ0) is 18.7. The lowest BCUT2D eigenvalue weighted by atomic mass is 10.1. The van der Waals surface area contributed by atoms with Crippen LogP contribution in [0.4, 0.5) is 22.7 Å². The number of anilines is 1. The quantitative estimate of drug-likeness (QED) is 0.297. The number of nitrogens with zero attached hydrogens (tertiary/aromatic N) is 2. The van der Waals surface area contributed by atoms with E-state index in [1.807, 2.05) is 12.1 Å². The standard InChI is InChI=1S/C17H10BrF4N3S/c18-12-5-1-10(2-6-12)9-23-25-16-24-15(17(20,21)22)14(26-16)11-3-7-13(19)8-4-11/h1-9H,(H,24,25)/b23-9+. The third-order valence-corrected chi connectivity index (χ3v) is 4.78. The third-order valence-electron chi connectivity index (χ3n) is 3.25. The van der Waals surface area contributed by atoms with Gasteiger partial charge in [-0.2, -0.15) is 18.3 Å². The van der Waals surface area contributed by atoms with E-state index in [1.54, 1.807) is 12.1 Å². The van der Waals surface area contributed by atoms with Gasteiger partial charge in [-0.05, 0) is 35.4 Å². The van der Waals surface area contributed by atoms with Gasteiger partial charge in [0, 0.05) is 4.47 Å². The minimum Gasteiger partial charge on any atom is -0.253 e. The number of nitrogens with one attached hydrogen (secondary N) is 1. The molecule has 1 aromatic heterocycles. The summed E-state index contributed by atoms with van der Waals surface area (Å²) in [5.74, 6) is -0.524. The molecule has 0 saturated carbocycles. The van der Waals surface area contributed by atoms with Crippen LogP contribution in [0.2, 0.25) is 0 Å². The van der Waals surface area contributed by atoms with Gasteiger partial charge in [-0.15, -0.1) is 0 Å². The van der Waals surface area contributed by atoms with Gasteiger partial charge in [0.15, 0.2) is 5.69 Å². The highest BCUT2D eigenvalue weighted by molar-refractivity contribution is 9.10. The summed E-state index contributed by atoms with van der Waals surface area (Å²) < 4.78 is 53.7. The Hall–Kier alpha value is -2.26. The SMILES string of the molecule is Fc1ccc(-c2sc(N/N=C/c3ccc(Br)cc3)nc2C(F)(F)F)cc1. The summed E-state index contributed by atoms with van der Waals surface area (Å²) in [5, 5.41) is 3.91. The van der Waals surface area contributed by atoms with Crippen LogP contribution in [0.25, 0.3) is 10.4 Å². The molecule has 0 saturated heterocycles. The Bertz CT molecular complexity index is 919. The van der Waals surface area contributed by atoms with E-state index in [2.05, 4.69) is 31.4 Å². The number of hydrogen-bond acceptors (Lipinski definition) is 4. The van der Waals surface area contributed by atoms with Crippen LogP contribution in [0.3, 0.4) is 0 Å². The van der Waals surface area contributed by atoms with Crippen LogP contribution in [-0.2, 0) is 6.18 Å². The highest BCUT2D eigenvalue weighted by atomic mass is 79.9. The largest absolute Gasteiger partial charge is 0.434 e. The second-order valence-corrected chi connectivity index (χ2v) is 7.04. The van der Waals surface area contributed by atoms with Gasteiger partial charge in [-0.3, -0.25) is 5.43 Å². The molecule has 26 heavy (non-hydrogen) atoms. The van der Waals surface area contributed by atoms with E-state index in [0.29, 0.717) is 0 Å². The lowest BCUT2D eigenvalue weighted by Gasteiger charge is -2.05. The van der Waals surface area contributed by atoms with Crippen LogP contribution in [0.1, 0.15) is 11.3 Å². The Morgan fingerprint density at radius 3 is 2.31 bits per heavy atom. The molecule has 9 heteroatoms. The van der Waals surface area contributed by atoms with Crippen molar-refractivity contribution in [3.8, 4) is 10.4 Å². The first-order valence-corrected chi connectivity index (χ1v) is 8.82. The molecule has 3 rings (SSSR count). The lowest BCUT2D eigenvalue weighted by Crippen LogP contribution is -2.07. The molecule has 0 fully saturated rings.